The first-order valence-corrected chi connectivity index (χ1v) is 4.35. The number of aromatic nitrogens is 1. The van der Waals surface area contributed by atoms with Gasteiger partial charge < -0.3 is 15.5 Å². The molecule has 16 heavy (non-hydrogen) atoms. The predicted molar refractivity (Wildman–Crippen MR) is 51.9 cm³/mol. The zero-order valence-corrected chi connectivity index (χ0v) is 7.91. The van der Waals surface area contributed by atoms with Crippen LogP contribution in [0, 0.1) is 0 Å². The Hall–Kier alpha value is -2.28. The van der Waals surface area contributed by atoms with Crippen molar-refractivity contribution in [1.82, 2.24) is 10.3 Å². The zero-order valence-electron chi connectivity index (χ0n) is 7.91. The van der Waals surface area contributed by atoms with Gasteiger partial charge in [-0.1, -0.05) is 0 Å². The average Bonchev–Trinajstić information content (AvgIpc) is 2.59. The molecule has 1 amide bonds. The standard InChI is InChI=1S/C9H7N3O4/c13-7-8(14)12-6(11-7)5-4(9(15)16)2-1-3-10-5/h1-3,7,13H,(H,15,16)(H,11,12,14). The molecule has 2 rings (SSSR count). The number of pyridine rings is 1. The van der Waals surface area contributed by atoms with E-state index in [9.17, 15) is 9.59 Å². The van der Waals surface area contributed by atoms with Crippen molar-refractivity contribution in [2.75, 3.05) is 0 Å². The summed E-state index contributed by atoms with van der Waals surface area (Å²) in [6.45, 7) is 0. The summed E-state index contributed by atoms with van der Waals surface area (Å²) in [7, 11) is 0. The molecule has 0 saturated heterocycles. The minimum absolute atomic E-state index is 0.0277. The molecule has 3 N–H and O–H groups in total. The van der Waals surface area contributed by atoms with E-state index in [1.807, 2.05) is 0 Å². The molecule has 0 radical (unpaired) electrons. The highest BCUT2D eigenvalue weighted by Gasteiger charge is 2.27. The Labute approximate surface area is 89.5 Å². The number of nitrogens with zero attached hydrogens (tertiary/aromatic N) is 2. The summed E-state index contributed by atoms with van der Waals surface area (Å²) in [5.74, 6) is -1.91. The maximum atomic E-state index is 11.0. The summed E-state index contributed by atoms with van der Waals surface area (Å²) in [6.07, 6.45) is -0.125. The van der Waals surface area contributed by atoms with Gasteiger partial charge in [-0.15, -0.1) is 0 Å². The first-order valence-electron chi connectivity index (χ1n) is 4.35. The second-order valence-electron chi connectivity index (χ2n) is 3.05. The van der Waals surface area contributed by atoms with Crippen molar-refractivity contribution in [1.29, 1.82) is 0 Å². The monoisotopic (exact) mass is 221 g/mol. The lowest BCUT2D eigenvalue weighted by molar-refractivity contribution is -0.126. The number of carboxylic acid groups (broad SMARTS) is 1. The molecule has 1 aliphatic heterocycles. The van der Waals surface area contributed by atoms with Crippen LogP contribution in [0.5, 0.6) is 0 Å². The molecule has 1 aromatic rings. The summed E-state index contributed by atoms with van der Waals surface area (Å²) in [6, 6.07) is 2.80. The number of amides is 1. The number of carboxylic acids is 1. The van der Waals surface area contributed by atoms with Crippen LogP contribution in [0.25, 0.3) is 0 Å². The molecular formula is C9H7N3O4. The van der Waals surface area contributed by atoms with Gasteiger partial charge in [-0.2, -0.15) is 0 Å². The topological polar surface area (TPSA) is 112 Å². The number of aromatic carboxylic acids is 1. The van der Waals surface area contributed by atoms with E-state index in [1.165, 1.54) is 18.3 Å². The Morgan fingerprint density at radius 2 is 2.25 bits per heavy atom. The number of carbonyl (C=O) groups is 2. The highest BCUT2D eigenvalue weighted by atomic mass is 16.4. The van der Waals surface area contributed by atoms with Gasteiger partial charge in [0.2, 0.25) is 6.23 Å². The third kappa shape index (κ3) is 1.63. The number of nitrogens with one attached hydrogen (secondary N) is 1. The van der Waals surface area contributed by atoms with Crippen molar-refractivity contribution >= 4 is 17.7 Å². The van der Waals surface area contributed by atoms with Crippen molar-refractivity contribution < 1.29 is 19.8 Å². The number of aliphatic hydroxyl groups is 1. The van der Waals surface area contributed by atoms with E-state index in [0.717, 1.165) is 0 Å². The highest BCUT2D eigenvalue weighted by Crippen LogP contribution is 2.09. The lowest BCUT2D eigenvalue weighted by atomic mass is 10.2. The van der Waals surface area contributed by atoms with Gasteiger partial charge in [0.25, 0.3) is 5.91 Å². The third-order valence-electron chi connectivity index (χ3n) is 1.99. The summed E-state index contributed by atoms with van der Waals surface area (Å²) in [5.41, 5.74) is -0.0597. The first-order chi connectivity index (χ1) is 7.59. The average molecular weight is 221 g/mol. The molecule has 0 aromatic carbocycles. The van der Waals surface area contributed by atoms with Gasteiger partial charge in [0, 0.05) is 6.20 Å². The minimum Gasteiger partial charge on any atom is -0.478 e. The third-order valence-corrected chi connectivity index (χ3v) is 1.99. The number of hydrogen-bond donors (Lipinski definition) is 3. The second-order valence-corrected chi connectivity index (χ2v) is 3.05. The molecule has 0 saturated carbocycles. The fourth-order valence-corrected chi connectivity index (χ4v) is 1.28. The smallest absolute Gasteiger partial charge is 0.338 e. The normalized spacial score (nSPS) is 19.2. The largest absolute Gasteiger partial charge is 0.478 e. The van der Waals surface area contributed by atoms with E-state index < -0.39 is 18.1 Å². The number of aliphatic imine (C=N–C) groups is 1. The summed E-state index contributed by atoms with van der Waals surface area (Å²) < 4.78 is 0. The van der Waals surface area contributed by atoms with E-state index in [1.54, 1.807) is 0 Å². The maximum absolute atomic E-state index is 11.0. The van der Waals surface area contributed by atoms with Gasteiger partial charge in [0.15, 0.2) is 5.84 Å². The molecule has 1 atom stereocenters. The van der Waals surface area contributed by atoms with Crippen molar-refractivity contribution in [2.24, 2.45) is 4.99 Å². The van der Waals surface area contributed by atoms with Crippen molar-refractivity contribution in [3.63, 3.8) is 0 Å². The Kier molecular flexibility index (Phi) is 2.37. The van der Waals surface area contributed by atoms with Crippen molar-refractivity contribution in [2.45, 2.75) is 6.23 Å². The minimum atomic E-state index is -1.50. The number of amidine groups is 1. The molecular weight excluding hydrogens is 214 g/mol. The van der Waals surface area contributed by atoms with Gasteiger partial charge >= 0.3 is 5.97 Å². The molecule has 7 nitrogen and oxygen atoms in total. The molecule has 0 bridgehead atoms. The van der Waals surface area contributed by atoms with E-state index >= 15 is 0 Å². The molecule has 0 aliphatic carbocycles. The van der Waals surface area contributed by atoms with Crippen LogP contribution < -0.4 is 5.32 Å². The predicted octanol–water partition coefficient (Wildman–Crippen LogP) is -1.03. The summed E-state index contributed by atoms with van der Waals surface area (Å²) in [5, 5.41) is 20.2. The second kappa shape index (κ2) is 3.70. The van der Waals surface area contributed by atoms with Gasteiger partial charge in [0.05, 0.1) is 5.56 Å². The van der Waals surface area contributed by atoms with E-state index in [-0.39, 0.29) is 17.1 Å². The highest BCUT2D eigenvalue weighted by molar-refractivity contribution is 6.15. The van der Waals surface area contributed by atoms with Gasteiger partial charge in [-0.3, -0.25) is 9.78 Å². The number of hydrogen-bond acceptors (Lipinski definition) is 5. The Morgan fingerprint density at radius 1 is 1.50 bits per heavy atom. The lowest BCUT2D eigenvalue weighted by Gasteiger charge is -2.03. The first kappa shape index (κ1) is 10.2. The Balaban J connectivity index is 2.46. The quantitative estimate of drug-likeness (QED) is 0.591. The molecule has 1 unspecified atom stereocenters. The molecule has 7 heteroatoms. The van der Waals surface area contributed by atoms with E-state index in [2.05, 4.69) is 15.3 Å². The van der Waals surface area contributed by atoms with Gasteiger partial charge in [-0.05, 0) is 12.1 Å². The van der Waals surface area contributed by atoms with Crippen LogP contribution in [0.3, 0.4) is 0 Å². The van der Waals surface area contributed by atoms with Crippen LogP contribution in [0.2, 0.25) is 0 Å². The van der Waals surface area contributed by atoms with Gasteiger partial charge in [-0.25, -0.2) is 9.79 Å². The molecule has 0 spiro atoms. The van der Waals surface area contributed by atoms with Crippen LogP contribution >= 0.6 is 0 Å². The molecule has 1 aromatic heterocycles. The lowest BCUT2D eigenvalue weighted by Crippen LogP contribution is -2.30. The van der Waals surface area contributed by atoms with Crippen molar-refractivity contribution in [3.05, 3.63) is 29.6 Å². The SMILES string of the molecule is O=C(O)c1cccnc1C1=NC(O)C(=O)N1. The van der Waals surface area contributed by atoms with Crippen molar-refractivity contribution in [3.8, 4) is 0 Å². The fraction of sp³-hybridized carbons (Fsp3) is 0.111. The van der Waals surface area contributed by atoms with Gasteiger partial charge in [0.1, 0.15) is 5.69 Å². The van der Waals surface area contributed by atoms with Crippen LogP contribution in [-0.4, -0.2) is 39.1 Å². The van der Waals surface area contributed by atoms with Crippen LogP contribution in [-0.2, 0) is 4.79 Å². The van der Waals surface area contributed by atoms with Crippen LogP contribution in [0.1, 0.15) is 16.1 Å². The Morgan fingerprint density at radius 3 is 2.81 bits per heavy atom. The number of aliphatic hydroxyl groups excluding tert-OH is 1. The zero-order chi connectivity index (χ0) is 11.7. The number of rotatable bonds is 2. The summed E-state index contributed by atoms with van der Waals surface area (Å²) in [4.78, 5) is 29.2. The molecule has 82 valence electrons. The fourth-order valence-electron chi connectivity index (χ4n) is 1.28. The number of carbonyl (C=O) groups excluding carboxylic acids is 1. The van der Waals surface area contributed by atoms with E-state index in [0.29, 0.717) is 0 Å². The molecule has 0 fully saturated rings. The molecule has 2 heterocycles. The van der Waals surface area contributed by atoms with Crippen LogP contribution in [0.4, 0.5) is 0 Å². The maximum Gasteiger partial charge on any atom is 0.338 e. The van der Waals surface area contributed by atoms with E-state index in [4.69, 9.17) is 10.2 Å². The van der Waals surface area contributed by atoms with Crippen LogP contribution in [0.15, 0.2) is 23.3 Å². The molecule has 1 aliphatic rings. The summed E-state index contributed by atoms with van der Waals surface area (Å²) >= 11 is 0. The Bertz CT molecular complexity index is 497.